The summed E-state index contributed by atoms with van der Waals surface area (Å²) in [4.78, 5) is 0.170. The first-order chi connectivity index (χ1) is 11.5. The van der Waals surface area contributed by atoms with Gasteiger partial charge in [-0.25, -0.2) is 8.42 Å². The van der Waals surface area contributed by atoms with E-state index in [1.54, 1.807) is 24.3 Å². The fourth-order valence-electron chi connectivity index (χ4n) is 2.17. The molecule has 3 rings (SSSR count). The molecule has 5 nitrogen and oxygen atoms in total. The van der Waals surface area contributed by atoms with E-state index in [2.05, 4.69) is 10.0 Å². The van der Waals surface area contributed by atoms with Crippen LogP contribution in [0.1, 0.15) is 0 Å². The van der Waals surface area contributed by atoms with E-state index in [1.807, 2.05) is 42.5 Å². The average molecular weight is 339 g/mol. The minimum Gasteiger partial charge on any atom is -0.399 e. The van der Waals surface area contributed by atoms with Crippen LogP contribution in [0.5, 0.6) is 0 Å². The summed E-state index contributed by atoms with van der Waals surface area (Å²) in [6.45, 7) is 0. The number of hydrogen-bond donors (Lipinski definition) is 3. The van der Waals surface area contributed by atoms with Crippen molar-refractivity contribution >= 4 is 32.8 Å². The second-order valence-electron chi connectivity index (χ2n) is 5.24. The summed E-state index contributed by atoms with van der Waals surface area (Å²) in [5, 5.41) is 3.24. The van der Waals surface area contributed by atoms with E-state index < -0.39 is 10.0 Å². The molecule has 4 N–H and O–H groups in total. The summed E-state index contributed by atoms with van der Waals surface area (Å²) >= 11 is 0. The van der Waals surface area contributed by atoms with Crippen LogP contribution in [0.3, 0.4) is 0 Å². The molecule has 0 saturated carbocycles. The van der Waals surface area contributed by atoms with Gasteiger partial charge in [0.25, 0.3) is 10.0 Å². The highest BCUT2D eigenvalue weighted by atomic mass is 32.2. The van der Waals surface area contributed by atoms with Crippen molar-refractivity contribution in [1.29, 1.82) is 0 Å². The zero-order valence-corrected chi connectivity index (χ0v) is 13.6. The van der Waals surface area contributed by atoms with Gasteiger partial charge in [-0.05, 0) is 60.7 Å². The van der Waals surface area contributed by atoms with Crippen LogP contribution in [-0.2, 0) is 10.0 Å². The number of nitrogens with one attached hydrogen (secondary N) is 2. The monoisotopic (exact) mass is 339 g/mol. The maximum absolute atomic E-state index is 12.3. The van der Waals surface area contributed by atoms with Crippen LogP contribution in [0.15, 0.2) is 83.8 Å². The Bertz CT molecular complexity index is 907. The van der Waals surface area contributed by atoms with Crippen LogP contribution >= 0.6 is 0 Å². The molecule has 0 radical (unpaired) electrons. The van der Waals surface area contributed by atoms with Gasteiger partial charge < -0.3 is 11.1 Å². The van der Waals surface area contributed by atoms with Crippen LogP contribution in [0, 0.1) is 0 Å². The lowest BCUT2D eigenvalue weighted by Gasteiger charge is -2.10. The Morgan fingerprint density at radius 1 is 0.667 bits per heavy atom. The molecule has 24 heavy (non-hydrogen) atoms. The standard InChI is InChI=1S/C18H17N3O2S/c19-14-6-12-18(13-7-14)24(22,23)21-17-10-8-16(9-11-17)20-15-4-2-1-3-5-15/h1-13,20-21H,19H2. The number of para-hydroxylation sites is 1. The molecule has 0 aliphatic rings. The molecule has 0 atom stereocenters. The second kappa shape index (κ2) is 6.64. The third-order valence-corrected chi connectivity index (χ3v) is 4.79. The summed E-state index contributed by atoms with van der Waals surface area (Å²) in [5.41, 5.74) is 8.43. The molecule has 3 aromatic carbocycles. The number of rotatable bonds is 5. The Morgan fingerprint density at radius 2 is 1.21 bits per heavy atom. The minimum atomic E-state index is -3.63. The summed E-state index contributed by atoms with van der Waals surface area (Å²) in [6, 6.07) is 22.8. The maximum Gasteiger partial charge on any atom is 0.261 e. The SMILES string of the molecule is Nc1ccc(S(=O)(=O)Nc2ccc(Nc3ccccc3)cc2)cc1. The number of sulfonamides is 1. The minimum absolute atomic E-state index is 0.170. The Balaban J connectivity index is 1.73. The maximum atomic E-state index is 12.3. The van der Waals surface area contributed by atoms with E-state index >= 15 is 0 Å². The van der Waals surface area contributed by atoms with Gasteiger partial charge in [0.2, 0.25) is 0 Å². The van der Waals surface area contributed by atoms with Gasteiger partial charge in [-0.15, -0.1) is 0 Å². The summed E-state index contributed by atoms with van der Waals surface area (Å²) in [7, 11) is -3.63. The third kappa shape index (κ3) is 3.85. The lowest BCUT2D eigenvalue weighted by molar-refractivity contribution is 0.601. The van der Waals surface area contributed by atoms with Gasteiger partial charge in [0.15, 0.2) is 0 Å². The van der Waals surface area contributed by atoms with Crippen molar-refractivity contribution in [1.82, 2.24) is 0 Å². The van der Waals surface area contributed by atoms with Crippen molar-refractivity contribution in [2.75, 3.05) is 15.8 Å². The lowest BCUT2D eigenvalue weighted by Crippen LogP contribution is -2.12. The van der Waals surface area contributed by atoms with Crippen LogP contribution in [0.25, 0.3) is 0 Å². The largest absolute Gasteiger partial charge is 0.399 e. The van der Waals surface area contributed by atoms with Crippen LogP contribution in [0.4, 0.5) is 22.7 Å². The normalized spacial score (nSPS) is 11.0. The van der Waals surface area contributed by atoms with Gasteiger partial charge in [0, 0.05) is 22.7 Å². The average Bonchev–Trinajstić information content (AvgIpc) is 2.58. The first kappa shape index (κ1) is 15.9. The predicted molar refractivity (Wildman–Crippen MR) is 97.8 cm³/mol. The van der Waals surface area contributed by atoms with E-state index in [0.717, 1.165) is 11.4 Å². The smallest absolute Gasteiger partial charge is 0.261 e. The van der Waals surface area contributed by atoms with E-state index in [4.69, 9.17) is 5.73 Å². The Kier molecular flexibility index (Phi) is 4.39. The number of hydrogen-bond acceptors (Lipinski definition) is 4. The molecule has 0 aromatic heterocycles. The van der Waals surface area contributed by atoms with E-state index in [9.17, 15) is 8.42 Å². The fraction of sp³-hybridized carbons (Fsp3) is 0. The summed E-state index contributed by atoms with van der Waals surface area (Å²) < 4.78 is 27.2. The molecule has 0 unspecified atom stereocenters. The molecule has 0 amide bonds. The van der Waals surface area contributed by atoms with Crippen molar-refractivity contribution in [3.63, 3.8) is 0 Å². The molecule has 0 bridgehead atoms. The van der Waals surface area contributed by atoms with Gasteiger partial charge in [-0.1, -0.05) is 18.2 Å². The summed E-state index contributed by atoms with van der Waals surface area (Å²) in [5.74, 6) is 0. The zero-order chi connectivity index (χ0) is 17.0. The highest BCUT2D eigenvalue weighted by Crippen LogP contribution is 2.21. The van der Waals surface area contributed by atoms with Crippen molar-refractivity contribution in [2.45, 2.75) is 4.90 Å². The first-order valence-electron chi connectivity index (χ1n) is 7.33. The molecule has 122 valence electrons. The topological polar surface area (TPSA) is 84.2 Å². The molecule has 6 heteroatoms. The number of nitrogen functional groups attached to an aromatic ring is 1. The molecular weight excluding hydrogens is 322 g/mol. The van der Waals surface area contributed by atoms with Crippen molar-refractivity contribution in [2.24, 2.45) is 0 Å². The van der Waals surface area contributed by atoms with Crippen molar-refractivity contribution < 1.29 is 8.42 Å². The number of benzene rings is 3. The Hall–Kier alpha value is -2.99. The predicted octanol–water partition coefficient (Wildman–Crippen LogP) is 3.81. The zero-order valence-electron chi connectivity index (χ0n) is 12.8. The Morgan fingerprint density at radius 3 is 1.83 bits per heavy atom. The molecule has 0 aliphatic carbocycles. The lowest BCUT2D eigenvalue weighted by atomic mass is 10.2. The van der Waals surface area contributed by atoms with E-state index in [-0.39, 0.29) is 4.90 Å². The van der Waals surface area contributed by atoms with E-state index in [1.165, 1.54) is 12.1 Å². The molecule has 3 aromatic rings. The second-order valence-corrected chi connectivity index (χ2v) is 6.93. The highest BCUT2D eigenvalue weighted by Gasteiger charge is 2.13. The Labute approximate surface area is 141 Å². The fourth-order valence-corrected chi connectivity index (χ4v) is 3.23. The molecule has 0 saturated heterocycles. The van der Waals surface area contributed by atoms with Gasteiger partial charge >= 0.3 is 0 Å². The summed E-state index contributed by atoms with van der Waals surface area (Å²) in [6.07, 6.45) is 0. The molecular formula is C18H17N3O2S. The first-order valence-corrected chi connectivity index (χ1v) is 8.82. The van der Waals surface area contributed by atoms with Gasteiger partial charge in [-0.3, -0.25) is 4.72 Å². The van der Waals surface area contributed by atoms with Crippen LogP contribution in [0.2, 0.25) is 0 Å². The molecule has 0 heterocycles. The van der Waals surface area contributed by atoms with Crippen LogP contribution in [-0.4, -0.2) is 8.42 Å². The van der Waals surface area contributed by atoms with Gasteiger partial charge in [0.05, 0.1) is 4.90 Å². The van der Waals surface area contributed by atoms with Gasteiger partial charge in [0.1, 0.15) is 0 Å². The number of nitrogens with two attached hydrogens (primary N) is 1. The van der Waals surface area contributed by atoms with Crippen LogP contribution < -0.4 is 15.8 Å². The quantitative estimate of drug-likeness (QED) is 0.617. The van der Waals surface area contributed by atoms with Crippen molar-refractivity contribution in [3.05, 3.63) is 78.9 Å². The van der Waals surface area contributed by atoms with Gasteiger partial charge in [-0.2, -0.15) is 0 Å². The molecule has 0 aliphatic heterocycles. The highest BCUT2D eigenvalue weighted by molar-refractivity contribution is 7.92. The number of anilines is 4. The molecule has 0 spiro atoms. The van der Waals surface area contributed by atoms with Crippen molar-refractivity contribution in [3.8, 4) is 0 Å². The van der Waals surface area contributed by atoms with E-state index in [0.29, 0.717) is 11.4 Å². The molecule has 0 fully saturated rings. The third-order valence-electron chi connectivity index (χ3n) is 3.39.